The molecule has 0 heterocycles. The number of unbranched alkanes of at least 4 members (excludes halogenated alkanes) is 16. The molecule has 0 fully saturated rings. The van der Waals surface area contributed by atoms with Gasteiger partial charge in [-0.15, -0.1) is 0 Å². The summed E-state index contributed by atoms with van der Waals surface area (Å²) in [6, 6.07) is 0. The van der Waals surface area contributed by atoms with Gasteiger partial charge in [0.25, 0.3) is 0 Å². The van der Waals surface area contributed by atoms with Gasteiger partial charge in [0.05, 0.1) is 7.11 Å². The summed E-state index contributed by atoms with van der Waals surface area (Å²) in [5, 5.41) is 0. The number of rotatable bonds is 16. The van der Waals surface area contributed by atoms with Gasteiger partial charge < -0.3 is 4.74 Å². The lowest BCUT2D eigenvalue weighted by molar-refractivity contribution is 0.371. The van der Waals surface area contributed by atoms with Crippen molar-refractivity contribution < 1.29 is 4.74 Å². The van der Waals surface area contributed by atoms with Gasteiger partial charge in [0.2, 0.25) is 0 Å². The van der Waals surface area contributed by atoms with Gasteiger partial charge in [-0.25, -0.2) is 0 Å². The first-order valence-corrected chi connectivity index (χ1v) is 9.92. The molecule has 0 rings (SSSR count). The molecule has 0 aromatic heterocycles. The zero-order valence-electron chi connectivity index (χ0n) is 15.4. The van der Waals surface area contributed by atoms with Crippen LogP contribution in [0.4, 0.5) is 0 Å². The highest BCUT2D eigenvalue weighted by Crippen LogP contribution is 2.13. The summed E-state index contributed by atoms with van der Waals surface area (Å²) in [5.41, 5.74) is 0. The molecule has 0 aliphatic carbocycles. The Labute approximate surface area is 140 Å². The van der Waals surface area contributed by atoms with Crippen molar-refractivity contribution in [1.82, 2.24) is 0 Å². The second-order valence-corrected chi connectivity index (χ2v) is 6.54. The fraction of sp³-hybridized carbons (Fsp3) is 0.905. The van der Waals surface area contributed by atoms with Crippen molar-refractivity contribution >= 4 is 0 Å². The Morgan fingerprint density at radius 1 is 0.545 bits per heavy atom. The van der Waals surface area contributed by atoms with E-state index in [9.17, 15) is 0 Å². The predicted octanol–water partition coefficient (Wildman–Crippen LogP) is 7.25. The fourth-order valence-corrected chi connectivity index (χ4v) is 2.88. The van der Waals surface area contributed by atoms with Crippen LogP contribution >= 0.6 is 0 Å². The Morgan fingerprint density at radius 3 is 1.27 bits per heavy atom. The molecule has 130 valence electrons. The summed E-state index contributed by atoms with van der Waals surface area (Å²) >= 11 is 0. The molecule has 0 saturated carbocycles. The molecule has 0 aromatic carbocycles. The summed E-state index contributed by atoms with van der Waals surface area (Å²) in [5.74, 6) is 3.01. The van der Waals surface area contributed by atoms with E-state index in [1.807, 2.05) is 0 Å². The van der Waals surface area contributed by atoms with Gasteiger partial charge in [0.15, 0.2) is 0 Å². The normalized spacial score (nSPS) is 10.3. The van der Waals surface area contributed by atoms with Crippen molar-refractivity contribution in [2.75, 3.05) is 7.11 Å². The lowest BCUT2D eigenvalue weighted by Crippen LogP contribution is -1.83. The van der Waals surface area contributed by atoms with Crippen LogP contribution in [0.1, 0.15) is 116 Å². The van der Waals surface area contributed by atoms with Crippen LogP contribution in [-0.2, 0) is 4.74 Å². The van der Waals surface area contributed by atoms with Crippen molar-refractivity contribution in [2.24, 2.45) is 0 Å². The van der Waals surface area contributed by atoms with Gasteiger partial charge in [-0.1, -0.05) is 109 Å². The van der Waals surface area contributed by atoms with Crippen LogP contribution in [0.2, 0.25) is 0 Å². The highest BCUT2D eigenvalue weighted by atomic mass is 16.5. The van der Waals surface area contributed by atoms with Crippen molar-refractivity contribution in [3.63, 3.8) is 0 Å². The molecule has 0 atom stereocenters. The third-order valence-electron chi connectivity index (χ3n) is 4.33. The van der Waals surface area contributed by atoms with E-state index in [0.717, 1.165) is 6.42 Å². The molecule has 0 radical (unpaired) electrons. The Bertz CT molecular complexity index is 248. The van der Waals surface area contributed by atoms with Gasteiger partial charge in [-0.2, -0.15) is 0 Å². The zero-order valence-corrected chi connectivity index (χ0v) is 15.4. The van der Waals surface area contributed by atoms with Gasteiger partial charge in [0.1, 0.15) is 6.11 Å². The van der Waals surface area contributed by atoms with E-state index in [0.29, 0.717) is 0 Å². The topological polar surface area (TPSA) is 9.23 Å². The molecule has 0 spiro atoms. The van der Waals surface area contributed by atoms with Crippen LogP contribution in [0, 0.1) is 12.0 Å². The Balaban J connectivity index is 2.97. The van der Waals surface area contributed by atoms with E-state index < -0.39 is 0 Å². The van der Waals surface area contributed by atoms with Crippen molar-refractivity contribution in [3.05, 3.63) is 0 Å². The molecule has 0 saturated heterocycles. The number of hydrogen-bond acceptors (Lipinski definition) is 1. The van der Waals surface area contributed by atoms with Crippen LogP contribution in [0.5, 0.6) is 0 Å². The monoisotopic (exact) mass is 308 g/mol. The lowest BCUT2D eigenvalue weighted by atomic mass is 10.0. The molecule has 0 aliphatic heterocycles. The molecule has 0 aliphatic rings. The standard InChI is InChI=1S/C21H40O/c1-3-4-5-6-7-8-9-10-11-12-13-14-15-16-17-18-19-20-21-22-2/h3-19H2,1-2H3. The maximum atomic E-state index is 4.71. The molecule has 0 unspecified atom stereocenters. The number of ether oxygens (including phenoxy) is 1. The maximum absolute atomic E-state index is 4.71. The van der Waals surface area contributed by atoms with Crippen LogP contribution in [-0.4, -0.2) is 7.11 Å². The Kier molecular flexibility index (Phi) is 19.8. The lowest BCUT2D eigenvalue weighted by Gasteiger charge is -2.03. The second kappa shape index (κ2) is 20.4. The van der Waals surface area contributed by atoms with Crippen LogP contribution in [0.3, 0.4) is 0 Å². The third kappa shape index (κ3) is 19.4. The zero-order chi connectivity index (χ0) is 16.1. The van der Waals surface area contributed by atoms with Gasteiger partial charge in [-0.3, -0.25) is 0 Å². The van der Waals surface area contributed by atoms with Crippen molar-refractivity contribution in [2.45, 2.75) is 116 Å². The molecule has 0 N–H and O–H groups in total. The number of methoxy groups -OCH3 is 1. The predicted molar refractivity (Wildman–Crippen MR) is 98.9 cm³/mol. The minimum Gasteiger partial charge on any atom is -0.450 e. The molecule has 22 heavy (non-hydrogen) atoms. The SMILES string of the molecule is CCCCCCCCCCCCCCCCCCC#COC. The van der Waals surface area contributed by atoms with Gasteiger partial charge in [-0.05, 0) is 6.42 Å². The summed E-state index contributed by atoms with van der Waals surface area (Å²) < 4.78 is 4.71. The average Bonchev–Trinajstić information content (AvgIpc) is 2.54. The summed E-state index contributed by atoms with van der Waals surface area (Å²) in [6.07, 6.45) is 26.4. The molecular formula is C21H40O. The van der Waals surface area contributed by atoms with E-state index in [4.69, 9.17) is 4.74 Å². The van der Waals surface area contributed by atoms with Crippen molar-refractivity contribution in [1.29, 1.82) is 0 Å². The van der Waals surface area contributed by atoms with Crippen LogP contribution < -0.4 is 0 Å². The fourth-order valence-electron chi connectivity index (χ4n) is 2.88. The van der Waals surface area contributed by atoms with E-state index in [1.54, 1.807) is 7.11 Å². The molecule has 0 aromatic rings. The third-order valence-corrected chi connectivity index (χ3v) is 4.33. The summed E-state index contributed by atoms with van der Waals surface area (Å²) in [4.78, 5) is 0. The molecule has 1 nitrogen and oxygen atoms in total. The second-order valence-electron chi connectivity index (χ2n) is 6.54. The van der Waals surface area contributed by atoms with Crippen LogP contribution in [0.25, 0.3) is 0 Å². The smallest absolute Gasteiger partial charge is 0.109 e. The van der Waals surface area contributed by atoms with E-state index >= 15 is 0 Å². The first-order valence-electron chi connectivity index (χ1n) is 9.92. The highest BCUT2D eigenvalue weighted by Gasteiger charge is 1.94. The summed E-state index contributed by atoms with van der Waals surface area (Å²) in [7, 11) is 1.63. The molecule has 0 bridgehead atoms. The first-order chi connectivity index (χ1) is 10.9. The number of hydrogen-bond donors (Lipinski definition) is 0. The minimum absolute atomic E-state index is 0.992. The van der Waals surface area contributed by atoms with Crippen LogP contribution in [0.15, 0.2) is 0 Å². The first kappa shape index (κ1) is 21.4. The van der Waals surface area contributed by atoms with Crippen molar-refractivity contribution in [3.8, 4) is 12.0 Å². The maximum Gasteiger partial charge on any atom is 0.109 e. The Hall–Kier alpha value is -0.640. The van der Waals surface area contributed by atoms with Gasteiger partial charge in [0, 0.05) is 6.42 Å². The Morgan fingerprint density at radius 2 is 0.909 bits per heavy atom. The van der Waals surface area contributed by atoms with E-state index in [1.165, 1.54) is 103 Å². The summed E-state index contributed by atoms with van der Waals surface area (Å²) in [6.45, 7) is 2.29. The molecule has 1 heteroatoms. The largest absolute Gasteiger partial charge is 0.450 e. The minimum atomic E-state index is 0.992. The molecule has 0 amide bonds. The quantitative estimate of drug-likeness (QED) is 0.215. The highest BCUT2D eigenvalue weighted by molar-refractivity contribution is 4.90. The average molecular weight is 309 g/mol. The van der Waals surface area contributed by atoms with Gasteiger partial charge >= 0.3 is 0 Å². The molecular weight excluding hydrogens is 268 g/mol. The van der Waals surface area contributed by atoms with E-state index in [-0.39, 0.29) is 0 Å². The van der Waals surface area contributed by atoms with E-state index in [2.05, 4.69) is 19.0 Å².